The zero-order valence-electron chi connectivity index (χ0n) is 11.2. The van der Waals surface area contributed by atoms with Gasteiger partial charge in [-0.25, -0.2) is 14.8 Å². The van der Waals surface area contributed by atoms with E-state index in [1.54, 1.807) is 10.8 Å². The number of esters is 1. The van der Waals surface area contributed by atoms with Crippen molar-refractivity contribution in [1.29, 1.82) is 0 Å². The molecular formula is C13H16N4O2. The van der Waals surface area contributed by atoms with Crippen LogP contribution in [0.4, 0.5) is 5.82 Å². The number of nitrogens with two attached hydrogens (primary N) is 1. The van der Waals surface area contributed by atoms with E-state index in [2.05, 4.69) is 14.7 Å². The van der Waals surface area contributed by atoms with Gasteiger partial charge in [0.2, 0.25) is 0 Å². The first-order chi connectivity index (χ1) is 9.10. The number of aromatic nitrogens is 3. The van der Waals surface area contributed by atoms with Crippen LogP contribution in [0.1, 0.15) is 28.8 Å². The number of pyridine rings is 1. The van der Waals surface area contributed by atoms with E-state index in [0.29, 0.717) is 18.1 Å². The summed E-state index contributed by atoms with van der Waals surface area (Å²) in [5.74, 6) is 1.07. The number of ether oxygens (including phenoxy) is 1. The highest BCUT2D eigenvalue weighted by Gasteiger charge is 2.22. The molecule has 2 rings (SSSR count). The lowest BCUT2D eigenvalue weighted by Crippen LogP contribution is -2.10. The Kier molecular flexibility index (Phi) is 3.50. The minimum atomic E-state index is -0.542. The zero-order chi connectivity index (χ0) is 14.0. The van der Waals surface area contributed by atoms with Gasteiger partial charge in [0.05, 0.1) is 7.11 Å². The fourth-order valence-electron chi connectivity index (χ4n) is 1.91. The molecule has 0 bridgehead atoms. The van der Waals surface area contributed by atoms with Gasteiger partial charge in [0.15, 0.2) is 5.69 Å². The minimum absolute atomic E-state index is 0.129. The average molecular weight is 260 g/mol. The Labute approximate surface area is 111 Å². The highest BCUT2D eigenvalue weighted by Crippen LogP contribution is 2.22. The molecule has 0 atom stereocenters. The summed E-state index contributed by atoms with van der Waals surface area (Å²) in [5.41, 5.74) is 7.10. The molecule has 2 heterocycles. The highest BCUT2D eigenvalue weighted by atomic mass is 16.5. The van der Waals surface area contributed by atoms with E-state index in [9.17, 15) is 4.79 Å². The van der Waals surface area contributed by atoms with Gasteiger partial charge in [0.1, 0.15) is 17.5 Å². The SMILES string of the molecule is CCc1nc(C(=O)OC)c(N)n1-c1ncccc1C. The molecule has 2 aromatic heterocycles. The predicted molar refractivity (Wildman–Crippen MR) is 71.2 cm³/mol. The van der Waals surface area contributed by atoms with Crippen LogP contribution in [-0.2, 0) is 11.2 Å². The monoisotopic (exact) mass is 260 g/mol. The van der Waals surface area contributed by atoms with E-state index in [0.717, 1.165) is 5.56 Å². The fourth-order valence-corrected chi connectivity index (χ4v) is 1.91. The number of methoxy groups -OCH3 is 1. The average Bonchev–Trinajstić information content (AvgIpc) is 2.75. The van der Waals surface area contributed by atoms with E-state index in [4.69, 9.17) is 5.73 Å². The number of nitrogen functional groups attached to an aromatic ring is 1. The van der Waals surface area contributed by atoms with Crippen molar-refractivity contribution >= 4 is 11.8 Å². The van der Waals surface area contributed by atoms with Crippen molar-refractivity contribution in [3.63, 3.8) is 0 Å². The van der Waals surface area contributed by atoms with Crippen LogP contribution in [0, 0.1) is 6.92 Å². The number of anilines is 1. The number of nitrogens with zero attached hydrogens (tertiary/aromatic N) is 3. The number of aryl methyl sites for hydroxylation is 2. The van der Waals surface area contributed by atoms with Crippen molar-refractivity contribution in [1.82, 2.24) is 14.5 Å². The Balaban J connectivity index is 2.66. The van der Waals surface area contributed by atoms with Gasteiger partial charge in [-0.05, 0) is 18.6 Å². The molecule has 2 N–H and O–H groups in total. The van der Waals surface area contributed by atoms with Crippen LogP contribution < -0.4 is 5.73 Å². The van der Waals surface area contributed by atoms with E-state index in [-0.39, 0.29) is 11.5 Å². The van der Waals surface area contributed by atoms with E-state index < -0.39 is 5.97 Å². The molecular weight excluding hydrogens is 244 g/mol. The summed E-state index contributed by atoms with van der Waals surface area (Å²) in [7, 11) is 1.30. The van der Waals surface area contributed by atoms with E-state index in [1.807, 2.05) is 26.0 Å². The molecule has 6 nitrogen and oxygen atoms in total. The molecule has 0 aliphatic carbocycles. The van der Waals surface area contributed by atoms with Crippen molar-refractivity contribution in [2.45, 2.75) is 20.3 Å². The van der Waals surface area contributed by atoms with Gasteiger partial charge < -0.3 is 10.5 Å². The predicted octanol–water partition coefficient (Wildman–Crippen LogP) is 1.51. The van der Waals surface area contributed by atoms with Gasteiger partial charge in [-0.2, -0.15) is 0 Å². The minimum Gasteiger partial charge on any atom is -0.464 e. The number of hydrogen-bond acceptors (Lipinski definition) is 5. The van der Waals surface area contributed by atoms with Gasteiger partial charge in [-0.15, -0.1) is 0 Å². The van der Waals surface area contributed by atoms with Gasteiger partial charge in [-0.3, -0.25) is 4.57 Å². The lowest BCUT2D eigenvalue weighted by atomic mass is 10.3. The Morgan fingerprint density at radius 3 is 2.84 bits per heavy atom. The number of carbonyl (C=O) groups excluding carboxylic acids is 1. The van der Waals surface area contributed by atoms with Gasteiger partial charge in [-0.1, -0.05) is 13.0 Å². The van der Waals surface area contributed by atoms with E-state index >= 15 is 0 Å². The second-order valence-corrected chi connectivity index (χ2v) is 4.09. The van der Waals surface area contributed by atoms with Crippen LogP contribution in [0.15, 0.2) is 18.3 Å². The summed E-state index contributed by atoms with van der Waals surface area (Å²) in [6.07, 6.45) is 2.32. The number of rotatable bonds is 3. The maximum atomic E-state index is 11.6. The van der Waals surface area contributed by atoms with Crippen LogP contribution >= 0.6 is 0 Å². The quantitative estimate of drug-likeness (QED) is 0.846. The normalized spacial score (nSPS) is 10.5. The summed E-state index contributed by atoms with van der Waals surface area (Å²) in [6.45, 7) is 3.87. The molecule has 0 aromatic carbocycles. The van der Waals surface area contributed by atoms with Crippen LogP contribution in [0.25, 0.3) is 5.82 Å². The third kappa shape index (κ3) is 2.16. The molecule has 6 heteroatoms. The third-order valence-corrected chi connectivity index (χ3v) is 2.87. The molecule has 0 aliphatic rings. The highest BCUT2D eigenvalue weighted by molar-refractivity contribution is 5.92. The standard InChI is InChI=1S/C13H16N4O2/c1-4-9-16-10(13(18)19-3)11(14)17(9)12-8(2)6-5-7-15-12/h5-7H,4,14H2,1-3H3. The van der Waals surface area contributed by atoms with Crippen LogP contribution in [0.3, 0.4) is 0 Å². The molecule has 0 amide bonds. The van der Waals surface area contributed by atoms with Gasteiger partial charge in [0.25, 0.3) is 0 Å². The number of imidazole rings is 1. The number of carbonyl (C=O) groups is 1. The maximum Gasteiger partial charge on any atom is 0.360 e. The third-order valence-electron chi connectivity index (χ3n) is 2.87. The van der Waals surface area contributed by atoms with Crippen molar-refractivity contribution in [2.75, 3.05) is 12.8 Å². The molecule has 0 fully saturated rings. The van der Waals surface area contributed by atoms with Crippen LogP contribution in [0.5, 0.6) is 0 Å². The van der Waals surface area contributed by atoms with Crippen LogP contribution in [0.2, 0.25) is 0 Å². The summed E-state index contributed by atoms with van der Waals surface area (Å²) in [6, 6.07) is 3.78. The first-order valence-electron chi connectivity index (χ1n) is 5.97. The van der Waals surface area contributed by atoms with Crippen molar-refractivity contribution in [3.8, 4) is 5.82 Å². The van der Waals surface area contributed by atoms with Gasteiger partial charge >= 0.3 is 5.97 Å². The molecule has 0 spiro atoms. The van der Waals surface area contributed by atoms with Crippen LogP contribution in [-0.4, -0.2) is 27.6 Å². The molecule has 0 saturated heterocycles. The first-order valence-corrected chi connectivity index (χ1v) is 5.97. The molecule has 2 aromatic rings. The summed E-state index contributed by atoms with van der Waals surface area (Å²) in [4.78, 5) is 20.2. The Bertz CT molecular complexity index is 619. The lowest BCUT2D eigenvalue weighted by Gasteiger charge is -2.10. The Morgan fingerprint density at radius 1 is 1.53 bits per heavy atom. The lowest BCUT2D eigenvalue weighted by molar-refractivity contribution is 0.0596. The Hall–Kier alpha value is -2.37. The Morgan fingerprint density at radius 2 is 2.26 bits per heavy atom. The van der Waals surface area contributed by atoms with Crippen molar-refractivity contribution < 1.29 is 9.53 Å². The zero-order valence-corrected chi connectivity index (χ0v) is 11.2. The summed E-state index contributed by atoms with van der Waals surface area (Å²) < 4.78 is 6.38. The van der Waals surface area contributed by atoms with Crippen molar-refractivity contribution in [2.24, 2.45) is 0 Å². The molecule has 0 aliphatic heterocycles. The smallest absolute Gasteiger partial charge is 0.360 e. The van der Waals surface area contributed by atoms with Gasteiger partial charge in [0, 0.05) is 12.6 Å². The molecule has 0 saturated carbocycles. The number of hydrogen-bond donors (Lipinski definition) is 1. The largest absolute Gasteiger partial charge is 0.464 e. The van der Waals surface area contributed by atoms with Crippen molar-refractivity contribution in [3.05, 3.63) is 35.4 Å². The molecule has 0 radical (unpaired) electrons. The fraction of sp³-hybridized carbons (Fsp3) is 0.308. The summed E-state index contributed by atoms with van der Waals surface area (Å²) >= 11 is 0. The summed E-state index contributed by atoms with van der Waals surface area (Å²) in [5, 5.41) is 0. The molecule has 19 heavy (non-hydrogen) atoms. The van der Waals surface area contributed by atoms with E-state index in [1.165, 1.54) is 7.11 Å². The second-order valence-electron chi connectivity index (χ2n) is 4.09. The first kappa shape index (κ1) is 13.1. The topological polar surface area (TPSA) is 83.0 Å². The molecule has 0 unspecified atom stereocenters. The molecule has 100 valence electrons. The second kappa shape index (κ2) is 5.09. The maximum absolute atomic E-state index is 11.6.